The van der Waals surface area contributed by atoms with Crippen molar-refractivity contribution in [2.75, 3.05) is 13.1 Å². The van der Waals surface area contributed by atoms with Crippen molar-refractivity contribution in [2.24, 2.45) is 0 Å². The highest BCUT2D eigenvalue weighted by molar-refractivity contribution is 8.18. The molecule has 2 N–H and O–H groups in total. The number of nitrogens with one attached hydrogen (secondary N) is 2. The molecule has 7 nitrogen and oxygen atoms in total. The van der Waals surface area contributed by atoms with Gasteiger partial charge in [-0.2, -0.15) is 0 Å². The van der Waals surface area contributed by atoms with Crippen molar-refractivity contribution >= 4 is 52.4 Å². The molecule has 4 amide bonds. The van der Waals surface area contributed by atoms with Crippen molar-refractivity contribution in [1.82, 2.24) is 15.5 Å². The molecule has 1 atom stereocenters. The van der Waals surface area contributed by atoms with Gasteiger partial charge >= 0.3 is 0 Å². The molecule has 0 aromatic heterocycles. The van der Waals surface area contributed by atoms with E-state index < -0.39 is 11.9 Å². The van der Waals surface area contributed by atoms with Gasteiger partial charge in [0.2, 0.25) is 11.8 Å². The van der Waals surface area contributed by atoms with Crippen molar-refractivity contribution in [3.05, 3.63) is 75.7 Å². The van der Waals surface area contributed by atoms with E-state index in [0.29, 0.717) is 9.93 Å². The Morgan fingerprint density at radius 3 is 2.44 bits per heavy atom. The molecule has 2 aromatic rings. The second kappa shape index (κ2) is 11.0. The number of rotatable bonds is 8. The Labute approximate surface area is 195 Å². The minimum atomic E-state index is -0.465. The molecular weight excluding hydrogens is 450 g/mol. The molecule has 1 aliphatic rings. The summed E-state index contributed by atoms with van der Waals surface area (Å²) in [4.78, 5) is 50.2. The second-order valence-electron chi connectivity index (χ2n) is 7.10. The lowest BCUT2D eigenvalue weighted by Crippen LogP contribution is -2.38. The molecule has 3 rings (SSSR count). The fourth-order valence-corrected chi connectivity index (χ4v) is 4.14. The largest absolute Gasteiger partial charge is 0.354 e. The van der Waals surface area contributed by atoms with Crippen LogP contribution < -0.4 is 10.6 Å². The Morgan fingerprint density at radius 1 is 1.09 bits per heavy atom. The molecule has 9 heteroatoms. The molecule has 2 aromatic carbocycles. The van der Waals surface area contributed by atoms with Gasteiger partial charge in [0.1, 0.15) is 0 Å². The maximum atomic E-state index is 12.6. The smallest absolute Gasteiger partial charge is 0.293 e. The first-order valence-corrected chi connectivity index (χ1v) is 11.1. The van der Waals surface area contributed by atoms with Crippen LogP contribution in [0.2, 0.25) is 5.02 Å². The summed E-state index contributed by atoms with van der Waals surface area (Å²) in [5.74, 6) is -0.933. The van der Waals surface area contributed by atoms with Gasteiger partial charge in [-0.05, 0) is 41.1 Å². The summed E-state index contributed by atoms with van der Waals surface area (Å²) in [6, 6.07) is 15.7. The average Bonchev–Trinajstić information content (AvgIpc) is 3.02. The number of hydrogen-bond acceptors (Lipinski definition) is 5. The summed E-state index contributed by atoms with van der Waals surface area (Å²) < 4.78 is 0. The molecule has 32 heavy (non-hydrogen) atoms. The van der Waals surface area contributed by atoms with Gasteiger partial charge in [-0.15, -0.1) is 0 Å². The summed E-state index contributed by atoms with van der Waals surface area (Å²) in [6.07, 6.45) is 1.68. The quantitative estimate of drug-likeness (QED) is 0.571. The lowest BCUT2D eigenvalue weighted by molar-refractivity contribution is -0.125. The number of carbonyl (C=O) groups excluding carboxylic acids is 4. The molecule has 166 valence electrons. The summed E-state index contributed by atoms with van der Waals surface area (Å²) in [5.41, 5.74) is 1.58. The highest BCUT2D eigenvalue weighted by Crippen LogP contribution is 2.32. The third-order valence-corrected chi connectivity index (χ3v) is 5.83. The van der Waals surface area contributed by atoms with E-state index in [1.54, 1.807) is 30.3 Å². The molecular formula is C23H22ClN3O4S. The number of nitrogens with zero attached hydrogens (tertiary/aromatic N) is 1. The normalized spacial score (nSPS) is 15.7. The van der Waals surface area contributed by atoms with Gasteiger partial charge in [-0.25, -0.2) is 0 Å². The highest BCUT2D eigenvalue weighted by Gasteiger charge is 2.34. The van der Waals surface area contributed by atoms with Gasteiger partial charge in [-0.1, -0.05) is 54.1 Å². The third kappa shape index (κ3) is 6.45. The van der Waals surface area contributed by atoms with E-state index in [2.05, 4.69) is 10.6 Å². The van der Waals surface area contributed by atoms with Crippen LogP contribution in [-0.2, 0) is 14.4 Å². The molecule has 1 unspecified atom stereocenters. The average molecular weight is 472 g/mol. The Morgan fingerprint density at radius 2 is 1.78 bits per heavy atom. The molecule has 0 bridgehead atoms. The minimum Gasteiger partial charge on any atom is -0.354 e. The molecule has 0 aliphatic carbocycles. The number of benzene rings is 2. The molecule has 1 heterocycles. The molecule has 0 saturated carbocycles. The van der Waals surface area contributed by atoms with Crippen molar-refractivity contribution < 1.29 is 19.2 Å². The monoisotopic (exact) mass is 471 g/mol. The van der Waals surface area contributed by atoms with E-state index >= 15 is 0 Å². The number of amides is 4. The van der Waals surface area contributed by atoms with Crippen molar-refractivity contribution in [2.45, 2.75) is 19.4 Å². The highest BCUT2D eigenvalue weighted by atomic mass is 35.5. The van der Waals surface area contributed by atoms with E-state index in [4.69, 9.17) is 11.6 Å². The molecule has 0 radical (unpaired) electrons. The van der Waals surface area contributed by atoms with Crippen LogP contribution in [-0.4, -0.2) is 41.0 Å². The lowest BCUT2D eigenvalue weighted by Gasteiger charge is -2.18. The first-order valence-electron chi connectivity index (χ1n) is 9.93. The maximum absolute atomic E-state index is 12.6. The van der Waals surface area contributed by atoms with E-state index in [1.165, 1.54) is 6.92 Å². The Bertz CT molecular complexity index is 1040. The first kappa shape index (κ1) is 23.6. The fourth-order valence-electron chi connectivity index (χ4n) is 3.15. The van der Waals surface area contributed by atoms with E-state index in [1.807, 2.05) is 30.3 Å². The first-order chi connectivity index (χ1) is 15.3. The van der Waals surface area contributed by atoms with Gasteiger partial charge in [0.25, 0.3) is 11.1 Å². The number of carbonyl (C=O) groups is 4. The van der Waals surface area contributed by atoms with Gasteiger partial charge in [0, 0.05) is 25.0 Å². The second-order valence-corrected chi connectivity index (χ2v) is 8.53. The van der Waals surface area contributed by atoms with Gasteiger partial charge in [0.05, 0.1) is 17.4 Å². The zero-order chi connectivity index (χ0) is 23.1. The SMILES string of the molecule is CC(=O)NC(CC(=O)NCCN1C(=O)S/C(=C/c2ccc(Cl)cc2)C1=O)c1ccccc1. The predicted octanol–water partition coefficient (Wildman–Crippen LogP) is 3.76. The summed E-state index contributed by atoms with van der Waals surface area (Å²) in [7, 11) is 0. The summed E-state index contributed by atoms with van der Waals surface area (Å²) >= 11 is 6.73. The van der Waals surface area contributed by atoms with Crippen LogP contribution in [0.4, 0.5) is 4.79 Å². The lowest BCUT2D eigenvalue weighted by atomic mass is 10.0. The number of halogens is 1. The van der Waals surface area contributed by atoms with Gasteiger partial charge in [-0.3, -0.25) is 24.1 Å². The molecule has 1 saturated heterocycles. The fraction of sp³-hybridized carbons (Fsp3) is 0.217. The zero-order valence-corrected chi connectivity index (χ0v) is 18.9. The third-order valence-electron chi connectivity index (χ3n) is 4.67. The molecule has 1 fully saturated rings. The van der Waals surface area contributed by atoms with Crippen LogP contribution >= 0.6 is 23.4 Å². The number of hydrogen-bond donors (Lipinski definition) is 2. The van der Waals surface area contributed by atoms with Crippen molar-refractivity contribution in [3.8, 4) is 0 Å². The minimum absolute atomic E-state index is 0.0436. The van der Waals surface area contributed by atoms with Crippen LogP contribution in [0.5, 0.6) is 0 Å². The van der Waals surface area contributed by atoms with Crippen molar-refractivity contribution in [3.63, 3.8) is 0 Å². The number of thioether (sulfide) groups is 1. The Kier molecular flexibility index (Phi) is 8.08. The Hall–Kier alpha value is -3.10. The topological polar surface area (TPSA) is 95.6 Å². The summed E-state index contributed by atoms with van der Waals surface area (Å²) in [5, 5.41) is 5.68. The van der Waals surface area contributed by atoms with Crippen LogP contribution in [0.1, 0.15) is 30.5 Å². The molecule has 1 aliphatic heterocycles. The predicted molar refractivity (Wildman–Crippen MR) is 125 cm³/mol. The van der Waals surface area contributed by atoms with E-state index in [-0.39, 0.29) is 36.6 Å². The standard InChI is InChI=1S/C23H22ClN3O4S/c1-15(28)26-19(17-5-3-2-4-6-17)14-21(29)25-11-12-27-22(30)20(32-23(27)31)13-16-7-9-18(24)10-8-16/h2-10,13,19H,11-12,14H2,1H3,(H,25,29)(H,26,28)/b20-13+. The van der Waals surface area contributed by atoms with E-state index in [0.717, 1.165) is 27.8 Å². The zero-order valence-electron chi connectivity index (χ0n) is 17.3. The molecule has 0 spiro atoms. The summed E-state index contributed by atoms with van der Waals surface area (Å²) in [6.45, 7) is 1.57. The van der Waals surface area contributed by atoms with Gasteiger partial charge in [0.15, 0.2) is 0 Å². The number of imide groups is 1. The van der Waals surface area contributed by atoms with Crippen molar-refractivity contribution in [1.29, 1.82) is 0 Å². The van der Waals surface area contributed by atoms with Crippen LogP contribution in [0, 0.1) is 0 Å². The van der Waals surface area contributed by atoms with Crippen LogP contribution in [0.25, 0.3) is 6.08 Å². The van der Waals surface area contributed by atoms with Gasteiger partial charge < -0.3 is 10.6 Å². The maximum Gasteiger partial charge on any atom is 0.293 e. The van der Waals surface area contributed by atoms with Crippen LogP contribution in [0.15, 0.2) is 59.5 Å². The van der Waals surface area contributed by atoms with E-state index in [9.17, 15) is 19.2 Å². The Balaban J connectivity index is 1.54. The van der Waals surface area contributed by atoms with Crippen LogP contribution in [0.3, 0.4) is 0 Å².